The molecule has 0 fully saturated rings. The third-order valence-electron chi connectivity index (χ3n) is 4.81. The first kappa shape index (κ1) is 19.9. The van der Waals surface area contributed by atoms with Crippen LogP contribution in [0.15, 0.2) is 89.3 Å². The van der Waals surface area contributed by atoms with E-state index in [0.29, 0.717) is 22.6 Å². The summed E-state index contributed by atoms with van der Waals surface area (Å²) in [6.07, 6.45) is 1.65. The van der Waals surface area contributed by atoms with Crippen molar-refractivity contribution in [3.63, 3.8) is 0 Å². The Hall–Kier alpha value is -3.38. The second-order valence-corrected chi connectivity index (χ2v) is 8.24. The molecule has 0 aliphatic carbocycles. The largest absolute Gasteiger partial charge is 0.325 e. The van der Waals surface area contributed by atoms with Crippen molar-refractivity contribution in [3.8, 4) is 0 Å². The van der Waals surface area contributed by atoms with Crippen molar-refractivity contribution in [2.24, 2.45) is 0 Å². The Labute approximate surface area is 178 Å². The van der Waals surface area contributed by atoms with Gasteiger partial charge < -0.3 is 5.32 Å². The lowest BCUT2D eigenvalue weighted by molar-refractivity contribution is -0.115. The molecule has 5 nitrogen and oxygen atoms in total. The summed E-state index contributed by atoms with van der Waals surface area (Å²) < 4.78 is 1.56. The van der Waals surface area contributed by atoms with Crippen LogP contribution in [0.4, 0.5) is 5.69 Å². The van der Waals surface area contributed by atoms with E-state index in [1.807, 2.05) is 54.6 Å². The second kappa shape index (κ2) is 8.55. The lowest BCUT2D eigenvalue weighted by Gasteiger charge is -2.15. The van der Waals surface area contributed by atoms with Gasteiger partial charge in [0.1, 0.15) is 0 Å². The van der Waals surface area contributed by atoms with Gasteiger partial charge in [0.05, 0.1) is 16.2 Å². The molecule has 0 bridgehead atoms. The van der Waals surface area contributed by atoms with Gasteiger partial charge in [-0.1, -0.05) is 60.3 Å². The van der Waals surface area contributed by atoms with Crippen molar-refractivity contribution in [1.82, 2.24) is 9.55 Å². The van der Waals surface area contributed by atoms with Crippen molar-refractivity contribution in [3.05, 3.63) is 89.7 Å². The first-order valence-corrected chi connectivity index (χ1v) is 10.5. The molecule has 0 spiro atoms. The fraction of sp³-hybridized carbons (Fsp3) is 0.125. The highest BCUT2D eigenvalue weighted by atomic mass is 32.2. The molecule has 1 unspecified atom stereocenters. The zero-order valence-electron chi connectivity index (χ0n) is 16.5. The van der Waals surface area contributed by atoms with Gasteiger partial charge in [0, 0.05) is 12.2 Å². The molecule has 4 aromatic rings. The summed E-state index contributed by atoms with van der Waals surface area (Å²) in [5, 5.41) is 5.75. The highest BCUT2D eigenvalue weighted by Crippen LogP contribution is 2.25. The number of nitrogens with one attached hydrogen (secondary N) is 1. The van der Waals surface area contributed by atoms with Crippen LogP contribution in [0.3, 0.4) is 0 Å². The number of anilines is 1. The molecule has 0 saturated carbocycles. The van der Waals surface area contributed by atoms with Crippen LogP contribution < -0.4 is 10.9 Å². The molecule has 150 valence electrons. The van der Waals surface area contributed by atoms with Crippen molar-refractivity contribution in [2.75, 3.05) is 5.32 Å². The number of rotatable bonds is 6. The minimum absolute atomic E-state index is 0.134. The Kier molecular flexibility index (Phi) is 5.68. The van der Waals surface area contributed by atoms with Crippen LogP contribution >= 0.6 is 11.8 Å². The predicted octanol–water partition coefficient (Wildman–Crippen LogP) is 4.86. The molecule has 1 amide bonds. The maximum absolute atomic E-state index is 12.9. The van der Waals surface area contributed by atoms with Gasteiger partial charge in [-0.15, -0.1) is 6.58 Å². The van der Waals surface area contributed by atoms with Crippen LogP contribution in [-0.2, 0) is 11.3 Å². The van der Waals surface area contributed by atoms with E-state index in [2.05, 4.69) is 16.9 Å². The maximum atomic E-state index is 12.9. The number of hydrogen-bond acceptors (Lipinski definition) is 4. The van der Waals surface area contributed by atoms with Crippen LogP contribution in [0.5, 0.6) is 0 Å². The van der Waals surface area contributed by atoms with Crippen molar-refractivity contribution in [1.29, 1.82) is 0 Å². The van der Waals surface area contributed by atoms with Gasteiger partial charge in [0.25, 0.3) is 5.56 Å². The lowest BCUT2D eigenvalue weighted by atomic mass is 10.1. The number of allylic oxidation sites excluding steroid dienone is 1. The average molecular weight is 416 g/mol. The van der Waals surface area contributed by atoms with Crippen LogP contribution in [0, 0.1) is 0 Å². The SMILES string of the molecule is C=CCn1c(SC(C)C(=O)Nc2ccc3ccccc3c2)nc2ccccc2c1=O. The van der Waals surface area contributed by atoms with Crippen LogP contribution in [0.1, 0.15) is 6.92 Å². The molecular formula is C24H21N3O2S. The predicted molar refractivity (Wildman–Crippen MR) is 124 cm³/mol. The van der Waals surface area contributed by atoms with E-state index in [4.69, 9.17) is 0 Å². The van der Waals surface area contributed by atoms with Gasteiger partial charge >= 0.3 is 0 Å². The van der Waals surface area contributed by atoms with Gasteiger partial charge in [-0.25, -0.2) is 4.98 Å². The molecule has 0 aliphatic heterocycles. The molecule has 4 rings (SSSR count). The number of aromatic nitrogens is 2. The summed E-state index contributed by atoms with van der Waals surface area (Å²) >= 11 is 1.26. The van der Waals surface area contributed by atoms with E-state index < -0.39 is 5.25 Å². The van der Waals surface area contributed by atoms with Crippen LogP contribution in [-0.4, -0.2) is 20.7 Å². The monoisotopic (exact) mass is 415 g/mol. The first-order valence-electron chi connectivity index (χ1n) is 9.63. The van der Waals surface area contributed by atoms with E-state index in [1.165, 1.54) is 11.8 Å². The molecule has 1 N–H and O–H groups in total. The summed E-state index contributed by atoms with van der Waals surface area (Å²) in [6, 6.07) is 21.0. The van der Waals surface area contributed by atoms with Crippen LogP contribution in [0.2, 0.25) is 0 Å². The van der Waals surface area contributed by atoms with Crippen molar-refractivity contribution >= 4 is 45.0 Å². The molecule has 0 aliphatic rings. The Balaban J connectivity index is 1.59. The minimum Gasteiger partial charge on any atom is -0.325 e. The van der Waals surface area contributed by atoms with Gasteiger partial charge in [-0.05, 0) is 42.0 Å². The number of carbonyl (C=O) groups excluding carboxylic acids is 1. The summed E-state index contributed by atoms with van der Waals surface area (Å²) in [5.74, 6) is -0.150. The molecule has 0 saturated heterocycles. The molecule has 1 atom stereocenters. The highest BCUT2D eigenvalue weighted by molar-refractivity contribution is 8.00. The summed E-state index contributed by atoms with van der Waals surface area (Å²) in [4.78, 5) is 30.3. The number of fused-ring (bicyclic) bond motifs is 2. The molecule has 3 aromatic carbocycles. The van der Waals surface area contributed by atoms with Gasteiger partial charge in [0.15, 0.2) is 5.16 Å². The Bertz CT molecular complexity index is 1310. The molecule has 30 heavy (non-hydrogen) atoms. The number of benzene rings is 3. The van der Waals surface area contributed by atoms with E-state index in [1.54, 1.807) is 29.7 Å². The zero-order chi connectivity index (χ0) is 21.1. The summed E-state index contributed by atoms with van der Waals surface area (Å²) in [7, 11) is 0. The summed E-state index contributed by atoms with van der Waals surface area (Å²) in [5.41, 5.74) is 1.22. The fourth-order valence-electron chi connectivity index (χ4n) is 3.25. The Morgan fingerprint density at radius 1 is 1.13 bits per heavy atom. The Morgan fingerprint density at radius 3 is 2.67 bits per heavy atom. The average Bonchev–Trinajstić information content (AvgIpc) is 2.76. The van der Waals surface area contributed by atoms with Crippen molar-refractivity contribution < 1.29 is 4.79 Å². The van der Waals surface area contributed by atoms with Crippen molar-refractivity contribution in [2.45, 2.75) is 23.9 Å². The van der Waals surface area contributed by atoms with Crippen LogP contribution in [0.25, 0.3) is 21.7 Å². The lowest BCUT2D eigenvalue weighted by Crippen LogP contribution is -2.26. The molecular weight excluding hydrogens is 394 g/mol. The number of para-hydroxylation sites is 1. The van der Waals surface area contributed by atoms with Gasteiger partial charge in [-0.3, -0.25) is 14.2 Å². The number of carbonyl (C=O) groups is 1. The normalized spacial score (nSPS) is 12.0. The number of amides is 1. The first-order chi connectivity index (χ1) is 14.6. The summed E-state index contributed by atoms with van der Waals surface area (Å²) in [6.45, 7) is 5.87. The third-order valence-corrected chi connectivity index (χ3v) is 5.90. The molecule has 6 heteroatoms. The van der Waals surface area contributed by atoms with E-state index in [-0.39, 0.29) is 11.5 Å². The van der Waals surface area contributed by atoms with Gasteiger partial charge in [-0.2, -0.15) is 0 Å². The highest BCUT2D eigenvalue weighted by Gasteiger charge is 2.19. The number of hydrogen-bond donors (Lipinski definition) is 1. The Morgan fingerprint density at radius 2 is 1.87 bits per heavy atom. The second-order valence-electron chi connectivity index (χ2n) is 6.93. The van der Waals surface area contributed by atoms with Gasteiger partial charge in [0.2, 0.25) is 5.91 Å². The third kappa shape index (κ3) is 4.00. The smallest absolute Gasteiger partial charge is 0.262 e. The molecule has 0 radical (unpaired) electrons. The van der Waals surface area contributed by atoms with E-state index in [9.17, 15) is 9.59 Å². The number of thioether (sulfide) groups is 1. The number of nitrogens with zero attached hydrogens (tertiary/aromatic N) is 2. The molecule has 1 aromatic heterocycles. The quantitative estimate of drug-likeness (QED) is 0.278. The van der Waals surface area contributed by atoms with E-state index in [0.717, 1.165) is 16.5 Å². The standard InChI is InChI=1S/C24H21N3O2S/c1-3-14-27-23(29)20-10-6-7-11-21(20)26-24(27)30-16(2)22(28)25-19-13-12-17-8-4-5-9-18(17)15-19/h3-13,15-16H,1,14H2,2H3,(H,25,28). The molecule has 1 heterocycles. The fourth-order valence-corrected chi connectivity index (χ4v) is 4.17. The minimum atomic E-state index is -0.444. The maximum Gasteiger partial charge on any atom is 0.262 e. The van der Waals surface area contributed by atoms with E-state index >= 15 is 0 Å². The topological polar surface area (TPSA) is 64.0 Å². The zero-order valence-corrected chi connectivity index (χ0v) is 17.4.